The minimum absolute atomic E-state index is 0.00121. The second kappa shape index (κ2) is 9.99. The molecule has 0 amide bonds. The Kier molecular flexibility index (Phi) is 8.19. The van der Waals surface area contributed by atoms with Gasteiger partial charge in [-0.25, -0.2) is 0 Å². The summed E-state index contributed by atoms with van der Waals surface area (Å²) in [5.74, 6) is 0.312. The summed E-state index contributed by atoms with van der Waals surface area (Å²) >= 11 is 0. The topological polar surface area (TPSA) is 84.6 Å². The average molecular weight is 296 g/mol. The second-order valence-electron chi connectivity index (χ2n) is 4.82. The number of unbranched alkanes of at least 4 members (excludes halogenated alkanes) is 3. The van der Waals surface area contributed by atoms with Crippen LogP contribution < -0.4 is 10.1 Å². The Morgan fingerprint density at radius 3 is 2.71 bits per heavy atom. The minimum Gasteiger partial charge on any atom is -0.487 e. The fourth-order valence-electron chi connectivity index (χ4n) is 2.00. The lowest BCUT2D eigenvalue weighted by atomic mass is 10.2. The Hall–Kier alpha value is -1.82. The quantitative estimate of drug-likeness (QED) is 0.371. The van der Waals surface area contributed by atoms with E-state index in [2.05, 4.69) is 5.32 Å². The first-order valence-electron chi connectivity index (χ1n) is 7.45. The van der Waals surface area contributed by atoms with E-state index in [0.717, 1.165) is 32.1 Å². The molecule has 0 aliphatic rings. The first-order valence-corrected chi connectivity index (χ1v) is 7.45. The van der Waals surface area contributed by atoms with Gasteiger partial charge in [-0.2, -0.15) is 0 Å². The van der Waals surface area contributed by atoms with E-state index in [0.29, 0.717) is 24.6 Å². The maximum Gasteiger partial charge on any atom is 0.333 e. The van der Waals surface area contributed by atoms with Crippen molar-refractivity contribution in [1.29, 1.82) is 0 Å². The largest absolute Gasteiger partial charge is 0.487 e. The zero-order valence-electron chi connectivity index (χ0n) is 12.5. The zero-order chi connectivity index (χ0) is 15.5. The highest BCUT2D eigenvalue weighted by Gasteiger charge is 2.20. The van der Waals surface area contributed by atoms with Crippen LogP contribution in [0.2, 0.25) is 0 Å². The molecule has 0 spiro atoms. The molecule has 118 valence electrons. The lowest BCUT2D eigenvalue weighted by Crippen LogP contribution is -2.06. The molecule has 0 atom stereocenters. The molecular weight excluding hydrogens is 272 g/mol. The maximum atomic E-state index is 11.2. The number of aliphatic hydroxyl groups excluding tert-OH is 1. The van der Waals surface area contributed by atoms with Crippen LogP contribution in [0.4, 0.5) is 11.4 Å². The third-order valence-corrected chi connectivity index (χ3v) is 3.04. The van der Waals surface area contributed by atoms with Gasteiger partial charge >= 0.3 is 5.69 Å². The molecule has 1 aromatic carbocycles. The third kappa shape index (κ3) is 5.99. The molecule has 0 fully saturated rings. The lowest BCUT2D eigenvalue weighted by molar-refractivity contribution is -0.385. The van der Waals surface area contributed by atoms with Gasteiger partial charge in [0, 0.05) is 13.2 Å². The van der Waals surface area contributed by atoms with Crippen LogP contribution in [0.3, 0.4) is 0 Å². The Labute approximate surface area is 125 Å². The van der Waals surface area contributed by atoms with Crippen LogP contribution in [0.15, 0.2) is 18.2 Å². The number of nitrogens with zero attached hydrogens (tertiary/aromatic N) is 1. The molecule has 0 aromatic heterocycles. The van der Waals surface area contributed by atoms with Crippen LogP contribution in [0.1, 0.15) is 39.0 Å². The second-order valence-corrected chi connectivity index (χ2v) is 4.82. The number of aliphatic hydroxyl groups is 1. The van der Waals surface area contributed by atoms with E-state index >= 15 is 0 Å². The molecule has 0 unspecified atom stereocenters. The van der Waals surface area contributed by atoms with E-state index < -0.39 is 4.92 Å². The van der Waals surface area contributed by atoms with Gasteiger partial charge in [-0.15, -0.1) is 0 Å². The van der Waals surface area contributed by atoms with Gasteiger partial charge in [-0.05, 0) is 31.4 Å². The first-order chi connectivity index (χ1) is 10.2. The Balaban J connectivity index is 2.61. The Morgan fingerprint density at radius 2 is 2.05 bits per heavy atom. The number of hydrogen-bond acceptors (Lipinski definition) is 5. The van der Waals surface area contributed by atoms with E-state index in [9.17, 15) is 10.1 Å². The van der Waals surface area contributed by atoms with Crippen molar-refractivity contribution in [3.63, 3.8) is 0 Å². The molecule has 0 bridgehead atoms. The predicted octanol–water partition coefficient (Wildman–Crippen LogP) is 3.35. The van der Waals surface area contributed by atoms with Crippen molar-refractivity contribution in [3.05, 3.63) is 28.3 Å². The SMILES string of the molecule is CCCOc1cccc(NCCCCCCO)c1[N+](=O)[O-]. The number of para-hydroxylation sites is 1. The summed E-state index contributed by atoms with van der Waals surface area (Å²) in [6.07, 6.45) is 4.49. The molecule has 0 heterocycles. The summed E-state index contributed by atoms with van der Waals surface area (Å²) in [6, 6.07) is 5.08. The minimum atomic E-state index is -0.404. The van der Waals surface area contributed by atoms with Crippen LogP contribution in [0, 0.1) is 10.1 Å². The summed E-state index contributed by atoms with van der Waals surface area (Å²) < 4.78 is 5.44. The van der Waals surface area contributed by atoms with Gasteiger partial charge in [0.25, 0.3) is 0 Å². The number of hydrogen-bond donors (Lipinski definition) is 2. The highest BCUT2D eigenvalue weighted by molar-refractivity contribution is 5.68. The number of benzene rings is 1. The summed E-state index contributed by atoms with van der Waals surface area (Å²) in [6.45, 7) is 3.31. The molecule has 21 heavy (non-hydrogen) atoms. The molecule has 0 saturated heterocycles. The number of nitrogens with one attached hydrogen (secondary N) is 1. The van der Waals surface area contributed by atoms with Gasteiger partial charge in [0.05, 0.1) is 11.5 Å². The molecule has 0 saturated carbocycles. The summed E-state index contributed by atoms with van der Waals surface area (Å²) in [5, 5.41) is 23.0. The summed E-state index contributed by atoms with van der Waals surface area (Å²) in [5.41, 5.74) is 0.497. The molecule has 6 nitrogen and oxygen atoms in total. The van der Waals surface area contributed by atoms with Gasteiger partial charge in [0.15, 0.2) is 5.75 Å². The van der Waals surface area contributed by atoms with Crippen molar-refractivity contribution in [3.8, 4) is 5.75 Å². The van der Waals surface area contributed by atoms with Crippen LogP contribution >= 0.6 is 0 Å². The van der Waals surface area contributed by atoms with Crippen LogP contribution in [0.5, 0.6) is 5.75 Å². The number of ether oxygens (including phenoxy) is 1. The molecule has 1 aromatic rings. The van der Waals surface area contributed by atoms with Crippen molar-refractivity contribution >= 4 is 11.4 Å². The van der Waals surface area contributed by atoms with Gasteiger partial charge in [0.1, 0.15) is 5.69 Å². The highest BCUT2D eigenvalue weighted by Crippen LogP contribution is 2.34. The van der Waals surface area contributed by atoms with Crippen LogP contribution in [-0.4, -0.2) is 29.8 Å². The Morgan fingerprint density at radius 1 is 1.29 bits per heavy atom. The van der Waals surface area contributed by atoms with E-state index in [1.54, 1.807) is 18.2 Å². The van der Waals surface area contributed by atoms with Crippen LogP contribution in [-0.2, 0) is 0 Å². The van der Waals surface area contributed by atoms with Gasteiger partial charge in [-0.1, -0.05) is 25.8 Å². The number of nitro groups is 1. The number of rotatable bonds is 11. The highest BCUT2D eigenvalue weighted by atomic mass is 16.6. The van der Waals surface area contributed by atoms with Crippen LogP contribution in [0.25, 0.3) is 0 Å². The molecule has 2 N–H and O–H groups in total. The molecule has 1 rings (SSSR count). The fourth-order valence-corrected chi connectivity index (χ4v) is 2.00. The van der Waals surface area contributed by atoms with Gasteiger partial charge < -0.3 is 15.2 Å². The molecule has 6 heteroatoms. The van der Waals surface area contributed by atoms with Crippen molar-refractivity contribution in [1.82, 2.24) is 0 Å². The first kappa shape index (κ1) is 17.2. The van der Waals surface area contributed by atoms with Crippen molar-refractivity contribution in [2.75, 3.05) is 25.1 Å². The zero-order valence-corrected chi connectivity index (χ0v) is 12.5. The molecule has 0 aliphatic heterocycles. The van der Waals surface area contributed by atoms with Gasteiger partial charge in [0.2, 0.25) is 0 Å². The lowest BCUT2D eigenvalue weighted by Gasteiger charge is -2.10. The fraction of sp³-hybridized carbons (Fsp3) is 0.600. The average Bonchev–Trinajstić information content (AvgIpc) is 2.48. The summed E-state index contributed by atoms with van der Waals surface area (Å²) in [4.78, 5) is 10.8. The van der Waals surface area contributed by atoms with Crippen molar-refractivity contribution in [2.45, 2.75) is 39.0 Å². The summed E-state index contributed by atoms with van der Waals surface area (Å²) in [7, 11) is 0. The van der Waals surface area contributed by atoms with E-state index in [4.69, 9.17) is 9.84 Å². The van der Waals surface area contributed by atoms with Crippen molar-refractivity contribution in [2.24, 2.45) is 0 Å². The van der Waals surface area contributed by atoms with E-state index in [-0.39, 0.29) is 12.3 Å². The maximum absolute atomic E-state index is 11.2. The normalized spacial score (nSPS) is 10.4. The molecule has 0 aliphatic carbocycles. The Bertz CT molecular complexity index is 438. The number of anilines is 1. The van der Waals surface area contributed by atoms with E-state index in [1.165, 1.54) is 0 Å². The third-order valence-electron chi connectivity index (χ3n) is 3.04. The van der Waals surface area contributed by atoms with Gasteiger partial charge in [-0.3, -0.25) is 10.1 Å². The molecule has 0 radical (unpaired) electrons. The van der Waals surface area contributed by atoms with E-state index in [1.807, 2.05) is 6.92 Å². The predicted molar refractivity (Wildman–Crippen MR) is 82.9 cm³/mol. The number of nitro benzene ring substituents is 1. The smallest absolute Gasteiger partial charge is 0.333 e. The standard InChI is InChI=1S/C15H24N2O4/c1-2-12-21-14-9-7-8-13(15(14)17(19)20)16-10-5-3-4-6-11-18/h7-9,16,18H,2-6,10-12H2,1H3. The monoisotopic (exact) mass is 296 g/mol. The molecular formula is C15H24N2O4. The van der Waals surface area contributed by atoms with Crippen molar-refractivity contribution < 1.29 is 14.8 Å².